The van der Waals surface area contributed by atoms with Crippen molar-refractivity contribution in [3.63, 3.8) is 0 Å². The summed E-state index contributed by atoms with van der Waals surface area (Å²) < 4.78 is 0. The summed E-state index contributed by atoms with van der Waals surface area (Å²) in [6.45, 7) is 2.12. The van der Waals surface area contributed by atoms with Crippen LogP contribution in [0.4, 0.5) is 5.69 Å². The number of aliphatic hydroxyl groups is 1. The van der Waals surface area contributed by atoms with E-state index in [1.807, 2.05) is 18.2 Å². The predicted octanol–water partition coefficient (Wildman–Crippen LogP) is 1.24. The van der Waals surface area contributed by atoms with Gasteiger partial charge >= 0.3 is 0 Å². The lowest BCUT2D eigenvalue weighted by Gasteiger charge is -2.18. The lowest BCUT2D eigenvalue weighted by molar-refractivity contribution is 0.112. The molecule has 0 saturated carbocycles. The average Bonchev–Trinajstić information content (AvgIpc) is 2.68. The van der Waals surface area contributed by atoms with Gasteiger partial charge in [-0.3, -0.25) is 4.79 Å². The minimum atomic E-state index is 0.234. The molecule has 80 valence electrons. The van der Waals surface area contributed by atoms with Gasteiger partial charge in [0.25, 0.3) is 0 Å². The number of aldehydes is 1. The van der Waals surface area contributed by atoms with Crippen molar-refractivity contribution in [3.8, 4) is 0 Å². The Labute approximate surface area is 89.3 Å². The molecule has 1 aliphatic heterocycles. The van der Waals surface area contributed by atoms with Crippen LogP contribution in [0.25, 0.3) is 0 Å². The number of fused-ring (bicyclic) bond motifs is 1. The van der Waals surface area contributed by atoms with Gasteiger partial charge in [-0.05, 0) is 36.6 Å². The van der Waals surface area contributed by atoms with Crippen molar-refractivity contribution in [2.45, 2.75) is 12.8 Å². The first kappa shape index (κ1) is 10.2. The van der Waals surface area contributed by atoms with Crippen LogP contribution < -0.4 is 4.90 Å². The summed E-state index contributed by atoms with van der Waals surface area (Å²) in [6, 6.07) is 5.81. The van der Waals surface area contributed by atoms with E-state index in [4.69, 9.17) is 5.11 Å². The fourth-order valence-corrected chi connectivity index (χ4v) is 2.06. The Morgan fingerprint density at radius 3 is 3.07 bits per heavy atom. The third kappa shape index (κ3) is 2.02. The highest BCUT2D eigenvalue weighted by molar-refractivity contribution is 5.77. The van der Waals surface area contributed by atoms with Gasteiger partial charge in [0.15, 0.2) is 0 Å². The van der Waals surface area contributed by atoms with Crippen LogP contribution in [0, 0.1) is 0 Å². The Morgan fingerprint density at radius 1 is 1.47 bits per heavy atom. The SMILES string of the molecule is O=Cc1ccc2c(c1)CCN2CCCO. The number of carbonyl (C=O) groups excluding carboxylic acids is 1. The van der Waals surface area contributed by atoms with Crippen LogP contribution in [-0.2, 0) is 6.42 Å². The van der Waals surface area contributed by atoms with Gasteiger partial charge in [-0.15, -0.1) is 0 Å². The van der Waals surface area contributed by atoms with Crippen molar-refractivity contribution in [3.05, 3.63) is 29.3 Å². The second kappa shape index (κ2) is 4.45. The number of carbonyl (C=O) groups is 1. The molecule has 1 N–H and O–H groups in total. The number of benzene rings is 1. The normalized spacial score (nSPS) is 14.1. The van der Waals surface area contributed by atoms with Gasteiger partial charge in [-0.25, -0.2) is 0 Å². The molecule has 2 rings (SSSR count). The van der Waals surface area contributed by atoms with Crippen LogP contribution in [0.15, 0.2) is 18.2 Å². The molecule has 0 bridgehead atoms. The quantitative estimate of drug-likeness (QED) is 0.752. The molecule has 0 unspecified atom stereocenters. The lowest BCUT2D eigenvalue weighted by atomic mass is 10.1. The van der Waals surface area contributed by atoms with E-state index < -0.39 is 0 Å². The molecule has 1 aliphatic rings. The maximum atomic E-state index is 10.6. The van der Waals surface area contributed by atoms with Crippen molar-refractivity contribution in [1.29, 1.82) is 0 Å². The molecule has 1 heterocycles. The Morgan fingerprint density at radius 2 is 2.33 bits per heavy atom. The highest BCUT2D eigenvalue weighted by Gasteiger charge is 2.18. The zero-order chi connectivity index (χ0) is 10.7. The fourth-order valence-electron chi connectivity index (χ4n) is 2.06. The Hall–Kier alpha value is -1.35. The Bertz CT molecular complexity index is 363. The van der Waals surface area contributed by atoms with Crippen LogP contribution in [0.5, 0.6) is 0 Å². The molecule has 1 aromatic carbocycles. The zero-order valence-electron chi connectivity index (χ0n) is 8.65. The molecule has 0 atom stereocenters. The second-order valence-corrected chi connectivity index (χ2v) is 3.82. The molecule has 0 amide bonds. The molecule has 0 fully saturated rings. The largest absolute Gasteiger partial charge is 0.396 e. The first-order valence-corrected chi connectivity index (χ1v) is 5.29. The summed E-state index contributed by atoms with van der Waals surface area (Å²) in [6.07, 6.45) is 2.69. The van der Waals surface area contributed by atoms with E-state index in [2.05, 4.69) is 4.90 Å². The molecule has 0 aliphatic carbocycles. The molecule has 0 saturated heterocycles. The van der Waals surface area contributed by atoms with Crippen molar-refractivity contribution in [2.75, 3.05) is 24.6 Å². The second-order valence-electron chi connectivity index (χ2n) is 3.82. The maximum Gasteiger partial charge on any atom is 0.150 e. The fraction of sp³-hybridized carbons (Fsp3) is 0.417. The summed E-state index contributed by atoms with van der Waals surface area (Å²) in [5.41, 5.74) is 3.21. The van der Waals surface area contributed by atoms with Gasteiger partial charge in [-0.1, -0.05) is 0 Å². The summed E-state index contributed by atoms with van der Waals surface area (Å²) in [5, 5.41) is 8.78. The van der Waals surface area contributed by atoms with Gasteiger partial charge in [-0.2, -0.15) is 0 Å². The average molecular weight is 205 g/mol. The number of anilines is 1. The van der Waals surface area contributed by atoms with Crippen molar-refractivity contribution < 1.29 is 9.90 Å². The Balaban J connectivity index is 2.16. The van der Waals surface area contributed by atoms with Crippen molar-refractivity contribution >= 4 is 12.0 Å². The summed E-state index contributed by atoms with van der Waals surface area (Å²) >= 11 is 0. The van der Waals surface area contributed by atoms with Crippen LogP contribution in [0.3, 0.4) is 0 Å². The van der Waals surface area contributed by atoms with E-state index in [1.165, 1.54) is 11.3 Å². The number of hydrogen-bond acceptors (Lipinski definition) is 3. The van der Waals surface area contributed by atoms with Crippen LogP contribution in [0.2, 0.25) is 0 Å². The van der Waals surface area contributed by atoms with E-state index in [0.29, 0.717) is 0 Å². The van der Waals surface area contributed by atoms with E-state index in [0.717, 1.165) is 37.8 Å². The molecule has 0 spiro atoms. The first-order valence-electron chi connectivity index (χ1n) is 5.29. The third-order valence-corrected chi connectivity index (χ3v) is 2.82. The number of rotatable bonds is 4. The summed E-state index contributed by atoms with van der Waals surface area (Å²) in [7, 11) is 0. The highest BCUT2D eigenvalue weighted by atomic mass is 16.3. The molecule has 1 aromatic rings. The topological polar surface area (TPSA) is 40.5 Å². The van der Waals surface area contributed by atoms with Gasteiger partial charge in [0, 0.05) is 30.9 Å². The predicted molar refractivity (Wildman–Crippen MR) is 59.4 cm³/mol. The smallest absolute Gasteiger partial charge is 0.150 e. The minimum absolute atomic E-state index is 0.234. The van der Waals surface area contributed by atoms with E-state index in [-0.39, 0.29) is 6.61 Å². The molecular weight excluding hydrogens is 190 g/mol. The van der Waals surface area contributed by atoms with E-state index in [1.54, 1.807) is 0 Å². The maximum absolute atomic E-state index is 10.6. The van der Waals surface area contributed by atoms with Crippen LogP contribution in [-0.4, -0.2) is 31.1 Å². The number of hydrogen-bond donors (Lipinski definition) is 1. The zero-order valence-corrected chi connectivity index (χ0v) is 8.65. The van der Waals surface area contributed by atoms with Crippen molar-refractivity contribution in [2.24, 2.45) is 0 Å². The van der Waals surface area contributed by atoms with Crippen molar-refractivity contribution in [1.82, 2.24) is 0 Å². The van der Waals surface area contributed by atoms with Gasteiger partial charge in [0.1, 0.15) is 6.29 Å². The molecule has 0 aromatic heterocycles. The molecule has 15 heavy (non-hydrogen) atoms. The first-order chi connectivity index (χ1) is 7.35. The summed E-state index contributed by atoms with van der Waals surface area (Å²) in [4.78, 5) is 12.9. The molecule has 0 radical (unpaired) electrons. The lowest BCUT2D eigenvalue weighted by Crippen LogP contribution is -2.22. The molecular formula is C12H15NO2. The standard InChI is InChI=1S/C12H15NO2/c14-7-1-5-13-6-4-11-8-10(9-15)2-3-12(11)13/h2-3,8-9,14H,1,4-7H2. The van der Waals surface area contributed by atoms with E-state index in [9.17, 15) is 4.79 Å². The van der Waals surface area contributed by atoms with Crippen LogP contribution >= 0.6 is 0 Å². The number of aliphatic hydroxyl groups excluding tert-OH is 1. The summed E-state index contributed by atoms with van der Waals surface area (Å²) in [5.74, 6) is 0. The number of nitrogens with zero attached hydrogens (tertiary/aromatic N) is 1. The molecule has 3 nitrogen and oxygen atoms in total. The van der Waals surface area contributed by atoms with Crippen LogP contribution in [0.1, 0.15) is 22.3 Å². The minimum Gasteiger partial charge on any atom is -0.396 e. The van der Waals surface area contributed by atoms with Gasteiger partial charge < -0.3 is 10.0 Å². The van der Waals surface area contributed by atoms with E-state index >= 15 is 0 Å². The molecule has 3 heteroatoms. The van der Waals surface area contributed by atoms with Gasteiger partial charge in [0.05, 0.1) is 0 Å². The monoisotopic (exact) mass is 205 g/mol. The Kier molecular flexibility index (Phi) is 3.02. The highest BCUT2D eigenvalue weighted by Crippen LogP contribution is 2.28. The third-order valence-electron chi connectivity index (χ3n) is 2.82. The van der Waals surface area contributed by atoms with Gasteiger partial charge in [0.2, 0.25) is 0 Å².